The van der Waals surface area contributed by atoms with Crippen molar-refractivity contribution in [3.63, 3.8) is 0 Å². The second-order valence-electron chi connectivity index (χ2n) is 5.96. The molecule has 0 bridgehead atoms. The number of para-hydroxylation sites is 1. The zero-order chi connectivity index (χ0) is 19.9. The van der Waals surface area contributed by atoms with Gasteiger partial charge in [-0.1, -0.05) is 23.3 Å². The Kier molecular flexibility index (Phi) is 6.64. The van der Waals surface area contributed by atoms with E-state index in [0.29, 0.717) is 29.9 Å². The summed E-state index contributed by atoms with van der Waals surface area (Å²) in [7, 11) is 1.48. The lowest BCUT2D eigenvalue weighted by Gasteiger charge is -2.19. The maximum atomic E-state index is 12.6. The molecule has 1 fully saturated rings. The number of rotatable bonds is 9. The van der Waals surface area contributed by atoms with Gasteiger partial charge in [0.15, 0.2) is 0 Å². The molecule has 0 aliphatic carbocycles. The van der Waals surface area contributed by atoms with E-state index in [-0.39, 0.29) is 19.0 Å². The highest BCUT2D eigenvalue weighted by molar-refractivity contribution is 7.17. The standard InChI is InChI=1S/C18H22N4O5S/c1-3-21-12-14(22(18(21)24)16-19-20-17(25-2)28-16)27-15(23)10-7-11-26-13-8-5-4-6-9-13/h4-6,8-9,14H,3,7,10-12H2,1-2H3. The molecule has 0 N–H and O–H groups in total. The molecule has 1 aromatic heterocycles. The van der Waals surface area contributed by atoms with E-state index in [9.17, 15) is 9.59 Å². The summed E-state index contributed by atoms with van der Waals surface area (Å²) in [4.78, 5) is 27.8. The summed E-state index contributed by atoms with van der Waals surface area (Å²) in [5, 5.41) is 8.48. The van der Waals surface area contributed by atoms with E-state index in [1.54, 1.807) is 4.90 Å². The van der Waals surface area contributed by atoms with E-state index in [1.165, 1.54) is 12.0 Å². The fraction of sp³-hybridized carbons (Fsp3) is 0.444. The Morgan fingerprint density at radius 2 is 2.07 bits per heavy atom. The minimum Gasteiger partial charge on any atom is -0.494 e. The van der Waals surface area contributed by atoms with Crippen LogP contribution in [0.4, 0.5) is 9.93 Å². The number of hydrogen-bond donors (Lipinski definition) is 0. The third kappa shape index (κ3) is 4.69. The van der Waals surface area contributed by atoms with Gasteiger partial charge in [-0.25, -0.2) is 9.69 Å². The molecule has 1 aromatic carbocycles. The number of ether oxygens (including phenoxy) is 3. The molecule has 0 saturated carbocycles. The van der Waals surface area contributed by atoms with Gasteiger partial charge < -0.3 is 19.1 Å². The average Bonchev–Trinajstić information content (AvgIpc) is 3.30. The van der Waals surface area contributed by atoms with Crippen LogP contribution in [0.2, 0.25) is 0 Å². The monoisotopic (exact) mass is 406 g/mol. The van der Waals surface area contributed by atoms with Crippen LogP contribution in [0, 0.1) is 0 Å². The van der Waals surface area contributed by atoms with E-state index in [0.717, 1.165) is 17.1 Å². The van der Waals surface area contributed by atoms with Crippen LogP contribution in [0.25, 0.3) is 0 Å². The van der Waals surface area contributed by atoms with Crippen molar-refractivity contribution in [1.29, 1.82) is 0 Å². The molecule has 28 heavy (non-hydrogen) atoms. The van der Waals surface area contributed by atoms with Gasteiger partial charge >= 0.3 is 12.0 Å². The van der Waals surface area contributed by atoms with E-state index >= 15 is 0 Å². The van der Waals surface area contributed by atoms with Crippen LogP contribution in [0.3, 0.4) is 0 Å². The Morgan fingerprint density at radius 3 is 2.75 bits per heavy atom. The fourth-order valence-corrected chi connectivity index (χ4v) is 3.40. The highest BCUT2D eigenvalue weighted by Crippen LogP contribution is 2.31. The lowest BCUT2D eigenvalue weighted by atomic mass is 10.3. The summed E-state index contributed by atoms with van der Waals surface area (Å²) in [6.45, 7) is 3.05. The number of likely N-dealkylation sites (N-methyl/N-ethyl adjacent to an activating group) is 1. The molecule has 150 valence electrons. The highest BCUT2D eigenvalue weighted by Gasteiger charge is 2.41. The first-order valence-corrected chi connectivity index (χ1v) is 9.77. The van der Waals surface area contributed by atoms with Gasteiger partial charge in [0.1, 0.15) is 5.75 Å². The predicted octanol–water partition coefficient (Wildman–Crippen LogP) is 2.54. The van der Waals surface area contributed by atoms with Gasteiger partial charge in [0.25, 0.3) is 5.19 Å². The molecule has 2 amide bonds. The van der Waals surface area contributed by atoms with Crippen molar-refractivity contribution in [3.05, 3.63) is 30.3 Å². The number of benzene rings is 1. The Bertz CT molecular complexity index is 800. The molecular formula is C18H22N4O5S. The van der Waals surface area contributed by atoms with Gasteiger partial charge in [-0.15, -0.1) is 5.10 Å². The smallest absolute Gasteiger partial charge is 0.329 e. The van der Waals surface area contributed by atoms with Crippen molar-refractivity contribution in [1.82, 2.24) is 15.1 Å². The van der Waals surface area contributed by atoms with Crippen LogP contribution in [-0.2, 0) is 9.53 Å². The zero-order valence-corrected chi connectivity index (χ0v) is 16.6. The SMILES string of the molecule is CCN1CC(OC(=O)CCCOc2ccccc2)N(c2nnc(OC)s2)C1=O. The fourth-order valence-electron chi connectivity index (χ4n) is 2.70. The Labute approximate surface area is 166 Å². The average molecular weight is 406 g/mol. The Morgan fingerprint density at radius 1 is 1.29 bits per heavy atom. The zero-order valence-electron chi connectivity index (χ0n) is 15.7. The third-order valence-corrected chi connectivity index (χ3v) is 4.99. The number of methoxy groups -OCH3 is 1. The first-order valence-electron chi connectivity index (χ1n) is 8.95. The molecule has 3 rings (SSSR count). The maximum absolute atomic E-state index is 12.6. The van der Waals surface area contributed by atoms with E-state index in [2.05, 4.69) is 10.2 Å². The molecular weight excluding hydrogens is 384 g/mol. The molecule has 1 unspecified atom stereocenters. The van der Waals surface area contributed by atoms with Crippen molar-refractivity contribution in [2.24, 2.45) is 0 Å². The maximum Gasteiger partial charge on any atom is 0.329 e. The molecule has 2 aromatic rings. The lowest BCUT2D eigenvalue weighted by molar-refractivity contribution is -0.148. The van der Waals surface area contributed by atoms with Crippen LogP contribution in [0.15, 0.2) is 30.3 Å². The first-order chi connectivity index (χ1) is 13.6. The van der Waals surface area contributed by atoms with Crippen LogP contribution >= 0.6 is 11.3 Å². The minimum atomic E-state index is -0.743. The van der Waals surface area contributed by atoms with Crippen LogP contribution in [0.5, 0.6) is 10.9 Å². The molecule has 1 atom stereocenters. The van der Waals surface area contributed by atoms with Gasteiger partial charge in [-0.2, -0.15) is 0 Å². The van der Waals surface area contributed by atoms with Crippen LogP contribution < -0.4 is 14.4 Å². The summed E-state index contributed by atoms with van der Waals surface area (Å²) in [5.41, 5.74) is 0. The van der Waals surface area contributed by atoms with Crippen molar-refractivity contribution in [2.75, 3.05) is 31.7 Å². The van der Waals surface area contributed by atoms with E-state index in [4.69, 9.17) is 14.2 Å². The normalized spacial score (nSPS) is 16.4. The summed E-state index contributed by atoms with van der Waals surface area (Å²) in [5.74, 6) is 0.362. The van der Waals surface area contributed by atoms with Gasteiger partial charge in [-0.05, 0) is 36.8 Å². The van der Waals surface area contributed by atoms with Gasteiger partial charge in [0.2, 0.25) is 11.4 Å². The summed E-state index contributed by atoms with van der Waals surface area (Å²) < 4.78 is 16.1. The van der Waals surface area contributed by atoms with Gasteiger partial charge in [0, 0.05) is 13.0 Å². The molecule has 10 heteroatoms. The third-order valence-electron chi connectivity index (χ3n) is 4.10. The number of esters is 1. The second kappa shape index (κ2) is 9.36. The molecule has 0 spiro atoms. The molecule has 2 heterocycles. The topological polar surface area (TPSA) is 94.1 Å². The number of urea groups is 1. The molecule has 9 nitrogen and oxygen atoms in total. The van der Waals surface area contributed by atoms with E-state index < -0.39 is 12.2 Å². The van der Waals surface area contributed by atoms with Crippen molar-refractivity contribution < 1.29 is 23.8 Å². The number of carbonyl (C=O) groups is 2. The predicted molar refractivity (Wildman–Crippen MR) is 103 cm³/mol. The molecule has 1 aliphatic heterocycles. The molecule has 1 saturated heterocycles. The summed E-state index contributed by atoms with van der Waals surface area (Å²) in [6.07, 6.45) is -0.0391. The van der Waals surface area contributed by atoms with Crippen molar-refractivity contribution in [3.8, 4) is 10.9 Å². The van der Waals surface area contributed by atoms with Gasteiger partial charge in [-0.3, -0.25) is 4.79 Å². The summed E-state index contributed by atoms with van der Waals surface area (Å²) >= 11 is 1.12. The van der Waals surface area contributed by atoms with Gasteiger partial charge in [0.05, 0.1) is 20.3 Å². The number of nitrogens with zero attached hydrogens (tertiary/aromatic N) is 4. The molecule has 0 radical (unpaired) electrons. The Hall–Kier alpha value is -2.88. The van der Waals surface area contributed by atoms with E-state index in [1.807, 2.05) is 37.3 Å². The summed E-state index contributed by atoms with van der Waals surface area (Å²) in [6, 6.07) is 9.12. The second-order valence-corrected chi connectivity index (χ2v) is 6.87. The number of hydrogen-bond acceptors (Lipinski definition) is 8. The highest BCUT2D eigenvalue weighted by atomic mass is 32.1. The Balaban J connectivity index is 1.54. The number of amides is 2. The number of carbonyl (C=O) groups excluding carboxylic acids is 2. The molecule has 1 aliphatic rings. The van der Waals surface area contributed by atoms with Crippen LogP contribution in [0.1, 0.15) is 19.8 Å². The van der Waals surface area contributed by atoms with Crippen LogP contribution in [-0.4, -0.2) is 60.1 Å². The van der Waals surface area contributed by atoms with Crippen molar-refractivity contribution >= 4 is 28.5 Å². The number of aromatic nitrogens is 2. The largest absolute Gasteiger partial charge is 0.494 e. The number of anilines is 1. The minimum absolute atomic E-state index is 0.191. The quantitative estimate of drug-likeness (QED) is 0.466. The lowest BCUT2D eigenvalue weighted by Crippen LogP contribution is -2.37. The van der Waals surface area contributed by atoms with Crippen molar-refractivity contribution in [2.45, 2.75) is 26.0 Å². The first kappa shape index (κ1) is 19.9.